The second kappa shape index (κ2) is 6.72. The van der Waals surface area contributed by atoms with Gasteiger partial charge in [0.1, 0.15) is 5.78 Å². The number of Topliss-reactive ketones (excluding diaryl/α,β-unsaturated/α-hetero) is 1. The van der Waals surface area contributed by atoms with E-state index in [2.05, 4.69) is 81.4 Å². The van der Waals surface area contributed by atoms with Crippen LogP contribution >= 0.6 is 0 Å². The number of hydrogen-bond donors (Lipinski definition) is 0. The molecule has 3 aromatic rings. The van der Waals surface area contributed by atoms with Crippen molar-refractivity contribution in [2.45, 2.75) is 45.4 Å². The molecule has 0 heterocycles. The van der Waals surface area contributed by atoms with Crippen LogP contribution in [0.5, 0.6) is 0 Å². The molecule has 0 N–H and O–H groups in total. The largest absolute Gasteiger partial charge is 0.299 e. The summed E-state index contributed by atoms with van der Waals surface area (Å²) in [5, 5.41) is 2.51. The second-order valence-corrected chi connectivity index (χ2v) is 8.05. The quantitative estimate of drug-likeness (QED) is 0.540. The summed E-state index contributed by atoms with van der Waals surface area (Å²) in [6.07, 6.45) is 1.56. The molecule has 1 fully saturated rings. The van der Waals surface area contributed by atoms with Crippen LogP contribution in [-0.2, 0) is 11.2 Å². The first-order valence-electron chi connectivity index (χ1n) is 9.64. The Morgan fingerprint density at radius 1 is 1.04 bits per heavy atom. The predicted octanol–water partition coefficient (Wildman–Crippen LogP) is 6.19. The number of carbonyl (C=O) groups is 1. The van der Waals surface area contributed by atoms with Crippen LogP contribution in [-0.4, -0.2) is 5.78 Å². The minimum Gasteiger partial charge on any atom is -0.299 e. The van der Waals surface area contributed by atoms with Crippen molar-refractivity contribution in [1.29, 1.82) is 0 Å². The second-order valence-electron chi connectivity index (χ2n) is 8.05. The van der Waals surface area contributed by atoms with E-state index in [1.54, 1.807) is 0 Å². The zero-order valence-corrected chi connectivity index (χ0v) is 15.8. The third-order valence-corrected chi connectivity index (χ3v) is 5.75. The number of hydrogen-bond acceptors (Lipinski definition) is 1. The Bertz CT molecular complexity index is 967. The zero-order valence-electron chi connectivity index (χ0n) is 15.8. The maximum absolute atomic E-state index is 12.8. The molecule has 1 heteroatoms. The minimum absolute atomic E-state index is 0.199. The van der Waals surface area contributed by atoms with E-state index in [0.717, 1.165) is 12.0 Å². The number of fused-ring (bicyclic) bond motifs is 1. The van der Waals surface area contributed by atoms with Gasteiger partial charge in [0.15, 0.2) is 0 Å². The minimum atomic E-state index is 0.199. The lowest BCUT2D eigenvalue weighted by Gasteiger charge is -2.08. The number of carbonyl (C=O) groups excluding carboxylic acids is 1. The molecule has 0 radical (unpaired) electrons. The summed E-state index contributed by atoms with van der Waals surface area (Å²) in [6.45, 7) is 6.57. The molecule has 1 saturated carbocycles. The Balaban J connectivity index is 1.48. The summed E-state index contributed by atoms with van der Waals surface area (Å²) in [5.41, 5.74) is 5.11. The van der Waals surface area contributed by atoms with Crippen LogP contribution in [0.1, 0.15) is 54.4 Å². The van der Waals surface area contributed by atoms with Crippen LogP contribution in [0, 0.1) is 12.8 Å². The van der Waals surface area contributed by atoms with Gasteiger partial charge in [0.2, 0.25) is 0 Å². The van der Waals surface area contributed by atoms with Crippen molar-refractivity contribution >= 4 is 16.6 Å². The summed E-state index contributed by atoms with van der Waals surface area (Å²) < 4.78 is 0. The molecule has 0 bridgehead atoms. The summed E-state index contributed by atoms with van der Waals surface area (Å²) in [5.74, 6) is 1.54. The molecule has 1 nitrogen and oxygen atoms in total. The molecule has 0 aromatic heterocycles. The maximum atomic E-state index is 12.8. The molecule has 1 aliphatic rings. The highest BCUT2D eigenvalue weighted by molar-refractivity contribution is 5.90. The van der Waals surface area contributed by atoms with E-state index in [9.17, 15) is 4.79 Å². The van der Waals surface area contributed by atoms with E-state index >= 15 is 0 Å². The van der Waals surface area contributed by atoms with Crippen molar-refractivity contribution in [3.8, 4) is 0 Å². The highest BCUT2D eigenvalue weighted by Crippen LogP contribution is 2.48. The van der Waals surface area contributed by atoms with Crippen LogP contribution in [0.2, 0.25) is 0 Å². The normalized spacial score (nSPS) is 19.1. The van der Waals surface area contributed by atoms with Gasteiger partial charge >= 0.3 is 0 Å². The Labute approximate surface area is 156 Å². The Kier molecular flexibility index (Phi) is 4.40. The Morgan fingerprint density at radius 2 is 1.85 bits per heavy atom. The molecule has 132 valence electrons. The van der Waals surface area contributed by atoms with Gasteiger partial charge in [0.05, 0.1) is 0 Å². The molecule has 4 rings (SSSR count). The first-order chi connectivity index (χ1) is 12.5. The van der Waals surface area contributed by atoms with Crippen LogP contribution in [0.3, 0.4) is 0 Å². The van der Waals surface area contributed by atoms with E-state index in [4.69, 9.17) is 0 Å². The Hall–Kier alpha value is -2.41. The van der Waals surface area contributed by atoms with Gasteiger partial charge in [-0.25, -0.2) is 0 Å². The number of rotatable bonds is 5. The molecule has 0 unspecified atom stereocenters. The van der Waals surface area contributed by atoms with Crippen molar-refractivity contribution in [2.24, 2.45) is 5.92 Å². The molecule has 2 atom stereocenters. The fourth-order valence-electron chi connectivity index (χ4n) is 3.99. The molecule has 3 aromatic carbocycles. The average molecular weight is 342 g/mol. The van der Waals surface area contributed by atoms with Crippen LogP contribution < -0.4 is 0 Å². The molecule has 0 saturated heterocycles. The van der Waals surface area contributed by atoms with E-state index < -0.39 is 0 Å². The molecular formula is C25H26O. The van der Waals surface area contributed by atoms with Gasteiger partial charge in [0, 0.05) is 12.3 Å². The van der Waals surface area contributed by atoms with Gasteiger partial charge in [-0.3, -0.25) is 4.79 Å². The van der Waals surface area contributed by atoms with Crippen molar-refractivity contribution in [2.75, 3.05) is 0 Å². The van der Waals surface area contributed by atoms with Gasteiger partial charge in [-0.05, 0) is 58.2 Å². The van der Waals surface area contributed by atoms with Crippen molar-refractivity contribution in [3.63, 3.8) is 0 Å². The van der Waals surface area contributed by atoms with Gasteiger partial charge in [-0.2, -0.15) is 0 Å². The monoisotopic (exact) mass is 342 g/mol. The van der Waals surface area contributed by atoms with Crippen molar-refractivity contribution in [1.82, 2.24) is 0 Å². The molecule has 26 heavy (non-hydrogen) atoms. The molecule has 0 amide bonds. The topological polar surface area (TPSA) is 17.1 Å². The summed E-state index contributed by atoms with van der Waals surface area (Å²) in [4.78, 5) is 12.8. The summed E-state index contributed by atoms with van der Waals surface area (Å²) in [7, 11) is 0. The van der Waals surface area contributed by atoms with E-state index in [0.29, 0.717) is 24.0 Å². The number of ketones is 1. The summed E-state index contributed by atoms with van der Waals surface area (Å²) in [6, 6.07) is 21.6. The van der Waals surface area contributed by atoms with E-state index in [1.165, 1.54) is 27.5 Å². The summed E-state index contributed by atoms with van der Waals surface area (Å²) >= 11 is 0. The first kappa shape index (κ1) is 17.0. The fraction of sp³-hybridized carbons (Fsp3) is 0.320. The lowest BCUT2D eigenvalue weighted by Crippen LogP contribution is -2.06. The number of benzene rings is 3. The SMILES string of the molecule is Cc1cccc2ccc(CC(=O)[C@@H]3C[C@H]3c3cccc(C(C)C)c3)cc12. The lowest BCUT2D eigenvalue weighted by molar-refractivity contribution is -0.119. The van der Waals surface area contributed by atoms with Gasteiger partial charge in [0.25, 0.3) is 0 Å². The van der Waals surface area contributed by atoms with Crippen LogP contribution in [0.15, 0.2) is 60.7 Å². The first-order valence-corrected chi connectivity index (χ1v) is 9.64. The fourth-order valence-corrected chi connectivity index (χ4v) is 3.99. The van der Waals surface area contributed by atoms with Crippen molar-refractivity contribution in [3.05, 3.63) is 82.9 Å². The molecule has 0 spiro atoms. The van der Waals surface area contributed by atoms with E-state index in [-0.39, 0.29) is 5.92 Å². The molecular weight excluding hydrogens is 316 g/mol. The molecule has 1 aliphatic carbocycles. The van der Waals surface area contributed by atoms with E-state index in [1.807, 2.05) is 0 Å². The molecule has 0 aliphatic heterocycles. The lowest BCUT2D eigenvalue weighted by atomic mass is 9.96. The van der Waals surface area contributed by atoms with Crippen LogP contribution in [0.4, 0.5) is 0 Å². The van der Waals surface area contributed by atoms with Gasteiger partial charge in [-0.1, -0.05) is 74.5 Å². The third kappa shape index (κ3) is 3.31. The van der Waals surface area contributed by atoms with Gasteiger partial charge in [-0.15, -0.1) is 0 Å². The highest BCUT2D eigenvalue weighted by Gasteiger charge is 2.43. The maximum Gasteiger partial charge on any atom is 0.140 e. The average Bonchev–Trinajstić information content (AvgIpc) is 3.43. The third-order valence-electron chi connectivity index (χ3n) is 5.75. The Morgan fingerprint density at radius 3 is 2.65 bits per heavy atom. The highest BCUT2D eigenvalue weighted by atomic mass is 16.1. The van der Waals surface area contributed by atoms with Crippen LogP contribution in [0.25, 0.3) is 10.8 Å². The van der Waals surface area contributed by atoms with Gasteiger partial charge < -0.3 is 0 Å². The predicted molar refractivity (Wildman–Crippen MR) is 109 cm³/mol. The number of aryl methyl sites for hydroxylation is 1. The van der Waals surface area contributed by atoms with Crippen molar-refractivity contribution < 1.29 is 4.79 Å². The zero-order chi connectivity index (χ0) is 18.3. The smallest absolute Gasteiger partial charge is 0.140 e. The standard InChI is InChI=1S/C25H26O/c1-16(2)20-8-5-9-21(14-20)23-15-24(23)25(26)13-18-10-11-19-7-4-6-17(3)22(19)12-18/h4-12,14,16,23-24H,13,15H2,1-3H3/t23-,24+/m0/s1.